The van der Waals surface area contributed by atoms with Gasteiger partial charge >= 0.3 is 0 Å². The number of anilines is 1. The Morgan fingerprint density at radius 2 is 2.11 bits per heavy atom. The number of rotatable bonds is 6. The Hall–Kier alpha value is -1.58. The fraction of sp³-hybridized carbons (Fsp3) is 0.526. The van der Waals surface area contributed by atoms with E-state index in [1.165, 1.54) is 18.4 Å². The number of fused-ring (bicyclic) bond motifs is 1. The molecule has 0 saturated carbocycles. The predicted octanol–water partition coefficient (Wildman–Crippen LogP) is 3.19. The molecule has 28 heavy (non-hydrogen) atoms. The number of hydrogen-bond acceptors (Lipinski definition) is 6. The van der Waals surface area contributed by atoms with Crippen molar-refractivity contribution in [2.75, 3.05) is 36.3 Å². The number of aromatic amines is 1. The maximum absolute atomic E-state index is 14.1. The van der Waals surface area contributed by atoms with E-state index in [9.17, 15) is 12.8 Å². The number of hydrogen-bond donors (Lipinski definition) is 2. The molecule has 2 aliphatic heterocycles. The van der Waals surface area contributed by atoms with Crippen LogP contribution in [0.4, 0.5) is 10.1 Å². The molecule has 3 heterocycles. The molecule has 1 aromatic carbocycles. The molecule has 1 aromatic heterocycles. The fourth-order valence-corrected chi connectivity index (χ4v) is 5.34. The molecular formula is C19H24FN3O3S2. The average Bonchev–Trinajstić information content (AvgIpc) is 3.27. The second kappa shape index (κ2) is 8.04. The Bertz CT molecular complexity index is 997. The van der Waals surface area contributed by atoms with Crippen molar-refractivity contribution >= 4 is 43.2 Å². The number of aliphatic imine (C=N–C) groups is 1. The van der Waals surface area contributed by atoms with Crippen LogP contribution in [0, 0.1) is 5.82 Å². The first-order valence-electron chi connectivity index (χ1n) is 9.42. The largest absolute Gasteiger partial charge is 0.381 e. The van der Waals surface area contributed by atoms with Gasteiger partial charge in [0.25, 0.3) is 0 Å². The van der Waals surface area contributed by atoms with Crippen LogP contribution in [0.15, 0.2) is 23.2 Å². The van der Waals surface area contributed by atoms with Crippen molar-refractivity contribution < 1.29 is 17.5 Å². The van der Waals surface area contributed by atoms with Crippen molar-refractivity contribution in [2.45, 2.75) is 31.3 Å². The number of thioether (sulfide) groups is 1. The highest BCUT2D eigenvalue weighted by molar-refractivity contribution is 8.14. The SMILES string of the molecule is CS(=O)(=O)CC[C@@H]1CSC(c2cc3cc(F)cc(NC4CCOCC4)c3[nH]2)=N1. The molecule has 1 fully saturated rings. The highest BCUT2D eigenvalue weighted by Crippen LogP contribution is 2.31. The molecule has 2 aromatic rings. The van der Waals surface area contributed by atoms with Crippen LogP contribution in [0.1, 0.15) is 25.0 Å². The van der Waals surface area contributed by atoms with Crippen molar-refractivity contribution in [3.8, 4) is 0 Å². The number of nitrogens with one attached hydrogen (secondary N) is 2. The van der Waals surface area contributed by atoms with Crippen LogP contribution in [0.25, 0.3) is 10.9 Å². The molecule has 0 unspecified atom stereocenters. The van der Waals surface area contributed by atoms with E-state index >= 15 is 0 Å². The van der Waals surface area contributed by atoms with Gasteiger partial charge in [-0.1, -0.05) is 0 Å². The number of H-pyrrole nitrogens is 1. The van der Waals surface area contributed by atoms with Crippen molar-refractivity contribution in [1.82, 2.24) is 4.98 Å². The van der Waals surface area contributed by atoms with Crippen LogP contribution >= 0.6 is 11.8 Å². The van der Waals surface area contributed by atoms with Gasteiger partial charge in [-0.3, -0.25) is 4.99 Å². The monoisotopic (exact) mass is 425 g/mol. The van der Waals surface area contributed by atoms with Gasteiger partial charge in [0.2, 0.25) is 0 Å². The molecular weight excluding hydrogens is 401 g/mol. The van der Waals surface area contributed by atoms with Crippen LogP contribution in [0.2, 0.25) is 0 Å². The predicted molar refractivity (Wildman–Crippen MR) is 113 cm³/mol. The van der Waals surface area contributed by atoms with Crippen LogP contribution in [-0.4, -0.2) is 61.5 Å². The summed E-state index contributed by atoms with van der Waals surface area (Å²) >= 11 is 1.61. The Labute approximate surface area is 168 Å². The van der Waals surface area contributed by atoms with Crippen molar-refractivity contribution in [1.29, 1.82) is 0 Å². The number of benzene rings is 1. The summed E-state index contributed by atoms with van der Waals surface area (Å²) in [6.45, 7) is 1.43. The lowest BCUT2D eigenvalue weighted by Gasteiger charge is -2.24. The second-order valence-electron chi connectivity index (χ2n) is 7.45. The molecule has 2 aliphatic rings. The number of halogens is 1. The topological polar surface area (TPSA) is 83.5 Å². The standard InChI is InChI=1S/C19H24FN3O3S2/c1-28(24,25)7-4-15-11-27-19(22-15)17-9-12-8-13(20)10-16(18(12)23-17)21-14-2-5-26-6-3-14/h8-10,14-15,21,23H,2-7,11H2,1H3/t15-/m1/s1. The highest BCUT2D eigenvalue weighted by atomic mass is 32.2. The van der Waals surface area contributed by atoms with Crippen LogP contribution in [-0.2, 0) is 14.6 Å². The molecule has 1 atom stereocenters. The summed E-state index contributed by atoms with van der Waals surface area (Å²) in [6, 6.07) is 5.22. The van der Waals surface area contributed by atoms with E-state index in [1.54, 1.807) is 11.8 Å². The van der Waals surface area contributed by atoms with E-state index in [0.717, 1.165) is 45.9 Å². The molecule has 152 valence electrons. The lowest BCUT2D eigenvalue weighted by Crippen LogP contribution is -2.27. The zero-order valence-electron chi connectivity index (χ0n) is 15.7. The molecule has 0 radical (unpaired) electrons. The second-order valence-corrected chi connectivity index (χ2v) is 10.7. The molecule has 2 N–H and O–H groups in total. The third-order valence-corrected chi connectivity index (χ3v) is 7.17. The maximum atomic E-state index is 14.1. The third kappa shape index (κ3) is 4.69. The van der Waals surface area contributed by atoms with Gasteiger partial charge < -0.3 is 15.0 Å². The van der Waals surface area contributed by atoms with Crippen molar-refractivity contribution in [3.63, 3.8) is 0 Å². The number of sulfone groups is 1. The summed E-state index contributed by atoms with van der Waals surface area (Å²) in [6.07, 6.45) is 3.58. The third-order valence-electron chi connectivity index (χ3n) is 5.04. The zero-order chi connectivity index (χ0) is 19.7. The molecule has 0 amide bonds. The molecule has 1 saturated heterocycles. The minimum absolute atomic E-state index is 0.00212. The molecule has 0 spiro atoms. The normalized spacial score (nSPS) is 21.2. The fourth-order valence-electron chi connectivity index (χ4n) is 3.56. The summed E-state index contributed by atoms with van der Waals surface area (Å²) in [5.41, 5.74) is 2.47. The van der Waals surface area contributed by atoms with Gasteiger partial charge in [-0.15, -0.1) is 11.8 Å². The van der Waals surface area contributed by atoms with E-state index in [2.05, 4.69) is 15.3 Å². The maximum Gasteiger partial charge on any atom is 0.147 e. The van der Waals surface area contributed by atoms with Crippen LogP contribution in [0.5, 0.6) is 0 Å². The number of nitrogens with zero attached hydrogens (tertiary/aromatic N) is 1. The van der Waals surface area contributed by atoms with E-state index in [-0.39, 0.29) is 23.7 Å². The molecule has 4 rings (SSSR count). The van der Waals surface area contributed by atoms with E-state index in [0.29, 0.717) is 19.6 Å². The van der Waals surface area contributed by atoms with E-state index < -0.39 is 9.84 Å². The van der Waals surface area contributed by atoms with Crippen molar-refractivity contribution in [3.05, 3.63) is 29.7 Å². The Balaban J connectivity index is 1.56. The Morgan fingerprint density at radius 1 is 1.32 bits per heavy atom. The lowest BCUT2D eigenvalue weighted by atomic mass is 10.1. The first-order valence-corrected chi connectivity index (χ1v) is 12.5. The van der Waals surface area contributed by atoms with Crippen LogP contribution in [0.3, 0.4) is 0 Å². The summed E-state index contributed by atoms with van der Waals surface area (Å²) in [7, 11) is -2.98. The van der Waals surface area contributed by atoms with Gasteiger partial charge in [-0.25, -0.2) is 12.8 Å². The first-order chi connectivity index (χ1) is 13.4. The Morgan fingerprint density at radius 3 is 2.86 bits per heavy atom. The zero-order valence-corrected chi connectivity index (χ0v) is 17.3. The molecule has 6 nitrogen and oxygen atoms in total. The first kappa shape index (κ1) is 19.7. The highest BCUT2D eigenvalue weighted by Gasteiger charge is 2.23. The van der Waals surface area contributed by atoms with Gasteiger partial charge in [-0.2, -0.15) is 0 Å². The molecule has 9 heteroatoms. The van der Waals surface area contributed by atoms with Gasteiger partial charge in [0.15, 0.2) is 0 Å². The lowest BCUT2D eigenvalue weighted by molar-refractivity contribution is 0.0905. The van der Waals surface area contributed by atoms with Crippen LogP contribution < -0.4 is 5.32 Å². The summed E-state index contributed by atoms with van der Waals surface area (Å²) in [5, 5.41) is 5.10. The van der Waals surface area contributed by atoms with E-state index in [4.69, 9.17) is 4.74 Å². The van der Waals surface area contributed by atoms with Gasteiger partial charge in [0.1, 0.15) is 20.7 Å². The minimum atomic E-state index is -2.98. The summed E-state index contributed by atoms with van der Waals surface area (Å²) in [5.74, 6) is 0.632. The Kier molecular flexibility index (Phi) is 5.66. The summed E-state index contributed by atoms with van der Waals surface area (Å²) in [4.78, 5) is 8.06. The summed E-state index contributed by atoms with van der Waals surface area (Å²) < 4.78 is 42.3. The molecule has 0 bridgehead atoms. The number of aromatic nitrogens is 1. The van der Waals surface area contributed by atoms with Gasteiger partial charge in [0.05, 0.1) is 28.7 Å². The number of ether oxygens (including phenoxy) is 1. The van der Waals surface area contributed by atoms with Gasteiger partial charge in [0, 0.05) is 36.7 Å². The van der Waals surface area contributed by atoms with E-state index in [1.807, 2.05) is 6.07 Å². The van der Waals surface area contributed by atoms with Gasteiger partial charge in [-0.05, 0) is 37.5 Å². The average molecular weight is 426 g/mol. The van der Waals surface area contributed by atoms with Crippen molar-refractivity contribution in [2.24, 2.45) is 4.99 Å². The molecule has 0 aliphatic carbocycles. The smallest absolute Gasteiger partial charge is 0.147 e. The quantitative estimate of drug-likeness (QED) is 0.743. The minimum Gasteiger partial charge on any atom is -0.381 e.